The minimum atomic E-state index is -0.912. The molecule has 0 aromatic carbocycles. The normalized spacial score (nSPS) is 28.2. The third kappa shape index (κ3) is 4.02. The van der Waals surface area contributed by atoms with Gasteiger partial charge in [-0.3, -0.25) is 9.59 Å². The SMILES string of the molecule is CC1CCC(NC(=O)C(C)C(C)C(=O)O)CC1. The van der Waals surface area contributed by atoms with Crippen LogP contribution in [0.15, 0.2) is 0 Å². The van der Waals surface area contributed by atoms with Crippen LogP contribution in [0.1, 0.15) is 46.5 Å². The van der Waals surface area contributed by atoms with Crippen LogP contribution in [0.3, 0.4) is 0 Å². The molecular formula is C13H23NO3. The molecule has 1 aliphatic rings. The van der Waals surface area contributed by atoms with Crippen LogP contribution in [0.2, 0.25) is 0 Å². The van der Waals surface area contributed by atoms with Gasteiger partial charge in [0.25, 0.3) is 0 Å². The molecular weight excluding hydrogens is 218 g/mol. The molecule has 2 unspecified atom stereocenters. The maximum atomic E-state index is 11.9. The van der Waals surface area contributed by atoms with E-state index < -0.39 is 17.8 Å². The number of amides is 1. The average molecular weight is 241 g/mol. The van der Waals surface area contributed by atoms with Gasteiger partial charge in [-0.2, -0.15) is 0 Å². The fourth-order valence-corrected chi connectivity index (χ4v) is 2.18. The first-order valence-corrected chi connectivity index (χ1v) is 6.45. The topological polar surface area (TPSA) is 66.4 Å². The number of hydrogen-bond acceptors (Lipinski definition) is 2. The lowest BCUT2D eigenvalue weighted by Gasteiger charge is -2.28. The Morgan fingerprint density at radius 1 is 1.12 bits per heavy atom. The predicted molar refractivity (Wildman–Crippen MR) is 65.5 cm³/mol. The van der Waals surface area contributed by atoms with E-state index in [-0.39, 0.29) is 11.9 Å². The number of carboxylic acids is 1. The first-order valence-electron chi connectivity index (χ1n) is 6.45. The van der Waals surface area contributed by atoms with Crippen LogP contribution in [0.4, 0.5) is 0 Å². The molecule has 4 heteroatoms. The van der Waals surface area contributed by atoms with Gasteiger partial charge in [-0.15, -0.1) is 0 Å². The summed E-state index contributed by atoms with van der Waals surface area (Å²) in [5, 5.41) is 11.8. The van der Waals surface area contributed by atoms with E-state index in [2.05, 4.69) is 12.2 Å². The van der Waals surface area contributed by atoms with Crippen LogP contribution >= 0.6 is 0 Å². The zero-order valence-electron chi connectivity index (χ0n) is 10.9. The predicted octanol–water partition coefficient (Wildman–Crippen LogP) is 2.04. The number of carbonyl (C=O) groups excluding carboxylic acids is 1. The van der Waals surface area contributed by atoms with Gasteiger partial charge in [0, 0.05) is 12.0 Å². The highest BCUT2D eigenvalue weighted by Crippen LogP contribution is 2.24. The highest BCUT2D eigenvalue weighted by atomic mass is 16.4. The summed E-state index contributed by atoms with van der Waals surface area (Å²) in [5.41, 5.74) is 0. The van der Waals surface area contributed by atoms with Gasteiger partial charge in [-0.05, 0) is 31.6 Å². The fraction of sp³-hybridized carbons (Fsp3) is 0.846. The summed E-state index contributed by atoms with van der Waals surface area (Å²) in [6, 6.07) is 0.238. The smallest absolute Gasteiger partial charge is 0.307 e. The van der Waals surface area contributed by atoms with Crippen LogP contribution in [-0.4, -0.2) is 23.0 Å². The summed E-state index contributed by atoms with van der Waals surface area (Å²) >= 11 is 0. The van der Waals surface area contributed by atoms with Gasteiger partial charge in [0.2, 0.25) is 5.91 Å². The largest absolute Gasteiger partial charge is 0.481 e. The highest BCUT2D eigenvalue weighted by molar-refractivity contribution is 5.84. The van der Waals surface area contributed by atoms with E-state index >= 15 is 0 Å². The summed E-state index contributed by atoms with van der Waals surface area (Å²) in [6.45, 7) is 5.49. The zero-order chi connectivity index (χ0) is 13.0. The van der Waals surface area contributed by atoms with E-state index in [1.165, 1.54) is 0 Å². The maximum absolute atomic E-state index is 11.9. The van der Waals surface area contributed by atoms with Crippen molar-refractivity contribution in [2.45, 2.75) is 52.5 Å². The Kier molecular flexibility index (Phi) is 4.97. The number of aliphatic carboxylic acids is 1. The molecule has 0 radical (unpaired) electrons. The fourth-order valence-electron chi connectivity index (χ4n) is 2.18. The van der Waals surface area contributed by atoms with E-state index in [0.29, 0.717) is 0 Å². The Bertz CT molecular complexity index is 282. The number of carbonyl (C=O) groups is 2. The van der Waals surface area contributed by atoms with Gasteiger partial charge < -0.3 is 10.4 Å². The minimum Gasteiger partial charge on any atom is -0.481 e. The van der Waals surface area contributed by atoms with Crippen molar-refractivity contribution in [3.8, 4) is 0 Å². The number of nitrogens with one attached hydrogen (secondary N) is 1. The van der Waals surface area contributed by atoms with Gasteiger partial charge >= 0.3 is 5.97 Å². The van der Waals surface area contributed by atoms with Crippen molar-refractivity contribution in [3.05, 3.63) is 0 Å². The van der Waals surface area contributed by atoms with Gasteiger partial charge in [-0.25, -0.2) is 0 Å². The summed E-state index contributed by atoms with van der Waals surface area (Å²) in [5.74, 6) is -1.38. The molecule has 98 valence electrons. The van der Waals surface area contributed by atoms with Crippen LogP contribution in [-0.2, 0) is 9.59 Å². The molecule has 2 N–H and O–H groups in total. The van der Waals surface area contributed by atoms with Crippen LogP contribution in [0.5, 0.6) is 0 Å². The summed E-state index contributed by atoms with van der Waals surface area (Å²) < 4.78 is 0. The lowest BCUT2D eigenvalue weighted by Crippen LogP contribution is -2.42. The van der Waals surface area contributed by atoms with Gasteiger partial charge in [-0.1, -0.05) is 20.8 Å². The van der Waals surface area contributed by atoms with E-state index in [0.717, 1.165) is 31.6 Å². The highest BCUT2D eigenvalue weighted by Gasteiger charge is 2.28. The average Bonchev–Trinajstić information content (AvgIpc) is 2.30. The first-order chi connectivity index (χ1) is 7.91. The molecule has 4 nitrogen and oxygen atoms in total. The first kappa shape index (κ1) is 14.0. The molecule has 1 rings (SSSR count). The molecule has 17 heavy (non-hydrogen) atoms. The van der Waals surface area contributed by atoms with Gasteiger partial charge in [0.05, 0.1) is 5.92 Å². The molecule has 0 aromatic heterocycles. The second-order valence-electron chi connectivity index (χ2n) is 5.38. The van der Waals surface area contributed by atoms with Crippen molar-refractivity contribution in [1.29, 1.82) is 0 Å². The molecule has 0 bridgehead atoms. The lowest BCUT2D eigenvalue weighted by atomic mass is 9.86. The van der Waals surface area contributed by atoms with Crippen molar-refractivity contribution in [3.63, 3.8) is 0 Å². The van der Waals surface area contributed by atoms with Crippen molar-refractivity contribution in [2.24, 2.45) is 17.8 Å². The molecule has 2 atom stereocenters. The number of carboxylic acid groups (broad SMARTS) is 1. The third-order valence-corrected chi connectivity index (χ3v) is 3.92. The summed E-state index contributed by atoms with van der Waals surface area (Å²) in [6.07, 6.45) is 4.32. The Balaban J connectivity index is 2.41. The molecule has 1 fully saturated rings. The van der Waals surface area contributed by atoms with E-state index in [1.807, 2.05) is 0 Å². The van der Waals surface area contributed by atoms with E-state index in [4.69, 9.17) is 5.11 Å². The molecule has 1 saturated carbocycles. The lowest BCUT2D eigenvalue weighted by molar-refractivity contribution is -0.146. The Morgan fingerprint density at radius 3 is 2.12 bits per heavy atom. The van der Waals surface area contributed by atoms with Crippen LogP contribution in [0, 0.1) is 17.8 Å². The van der Waals surface area contributed by atoms with E-state index in [1.54, 1.807) is 13.8 Å². The quantitative estimate of drug-likeness (QED) is 0.791. The Morgan fingerprint density at radius 2 is 1.65 bits per heavy atom. The Labute approximate surface area is 103 Å². The third-order valence-electron chi connectivity index (χ3n) is 3.92. The molecule has 1 amide bonds. The molecule has 0 heterocycles. The zero-order valence-corrected chi connectivity index (χ0v) is 10.9. The van der Waals surface area contributed by atoms with Crippen molar-refractivity contribution in [2.75, 3.05) is 0 Å². The van der Waals surface area contributed by atoms with Crippen LogP contribution < -0.4 is 5.32 Å². The van der Waals surface area contributed by atoms with Crippen LogP contribution in [0.25, 0.3) is 0 Å². The molecule has 0 aliphatic heterocycles. The molecule has 0 spiro atoms. The van der Waals surface area contributed by atoms with Gasteiger partial charge in [0.1, 0.15) is 0 Å². The molecule has 1 aliphatic carbocycles. The second kappa shape index (κ2) is 6.03. The number of rotatable bonds is 4. The maximum Gasteiger partial charge on any atom is 0.307 e. The summed E-state index contributed by atoms with van der Waals surface area (Å²) in [4.78, 5) is 22.7. The number of hydrogen-bond donors (Lipinski definition) is 2. The summed E-state index contributed by atoms with van der Waals surface area (Å²) in [7, 11) is 0. The molecule has 0 aromatic rings. The van der Waals surface area contributed by atoms with E-state index in [9.17, 15) is 9.59 Å². The standard InChI is InChI=1S/C13H23NO3/c1-8-4-6-11(7-5-8)14-12(15)9(2)10(3)13(16)17/h8-11H,4-7H2,1-3H3,(H,14,15)(H,16,17). The van der Waals surface area contributed by atoms with Crippen molar-refractivity contribution in [1.82, 2.24) is 5.32 Å². The second-order valence-corrected chi connectivity index (χ2v) is 5.38. The van der Waals surface area contributed by atoms with Crippen molar-refractivity contribution < 1.29 is 14.7 Å². The van der Waals surface area contributed by atoms with Crippen molar-refractivity contribution >= 4 is 11.9 Å². The molecule has 0 saturated heterocycles. The Hall–Kier alpha value is -1.06. The minimum absolute atomic E-state index is 0.126. The van der Waals surface area contributed by atoms with Gasteiger partial charge in [0.15, 0.2) is 0 Å². The monoisotopic (exact) mass is 241 g/mol.